The number of fused-ring (bicyclic) bond motifs is 1. The Bertz CT molecular complexity index is 484. The van der Waals surface area contributed by atoms with E-state index in [1.807, 2.05) is 30.5 Å². The van der Waals surface area contributed by atoms with Crippen molar-refractivity contribution >= 4 is 17.0 Å². The van der Waals surface area contributed by atoms with Crippen LogP contribution in [0.3, 0.4) is 0 Å². The van der Waals surface area contributed by atoms with Crippen molar-refractivity contribution in [3.63, 3.8) is 0 Å². The summed E-state index contributed by atoms with van der Waals surface area (Å²) in [5.41, 5.74) is 2.27. The summed E-state index contributed by atoms with van der Waals surface area (Å²) >= 11 is 0. The molecule has 2 nitrogen and oxygen atoms in total. The van der Waals surface area contributed by atoms with Crippen LogP contribution in [-0.2, 0) is 0 Å². The molecule has 0 radical (unpaired) electrons. The van der Waals surface area contributed by atoms with Gasteiger partial charge in [0.15, 0.2) is 0 Å². The first-order valence-corrected chi connectivity index (χ1v) is 5.63. The molecule has 1 N–H and O–H groups in total. The minimum Gasteiger partial charge on any atom is -0.314 e. The Kier molecular flexibility index (Phi) is 3.67. The van der Waals surface area contributed by atoms with E-state index in [9.17, 15) is 0 Å². The summed E-state index contributed by atoms with van der Waals surface area (Å²) in [6, 6.07) is 10.3. The van der Waals surface area contributed by atoms with E-state index in [1.54, 1.807) is 0 Å². The van der Waals surface area contributed by atoms with Gasteiger partial charge in [-0.25, -0.2) is 0 Å². The molecular weight excluding hydrogens is 196 g/mol. The predicted molar refractivity (Wildman–Crippen MR) is 69.3 cm³/mol. The van der Waals surface area contributed by atoms with Crippen molar-refractivity contribution in [3.05, 3.63) is 48.2 Å². The summed E-state index contributed by atoms with van der Waals surface area (Å²) in [5.74, 6) is 0. The maximum Gasteiger partial charge on any atom is 0.0707 e. The molecule has 0 saturated heterocycles. The number of pyridine rings is 1. The Hall–Kier alpha value is -1.67. The molecule has 2 heteroatoms. The molecule has 16 heavy (non-hydrogen) atoms. The predicted octanol–water partition coefficient (Wildman–Crippen LogP) is 2.86. The maximum absolute atomic E-state index is 4.34. The second kappa shape index (κ2) is 5.42. The highest BCUT2D eigenvalue weighted by Gasteiger charge is 1.96. The summed E-state index contributed by atoms with van der Waals surface area (Å²) < 4.78 is 0. The fourth-order valence-corrected chi connectivity index (χ4v) is 1.68. The van der Waals surface area contributed by atoms with Gasteiger partial charge in [-0.15, -0.1) is 0 Å². The molecule has 0 bridgehead atoms. The topological polar surface area (TPSA) is 24.9 Å². The van der Waals surface area contributed by atoms with Gasteiger partial charge < -0.3 is 5.32 Å². The van der Waals surface area contributed by atoms with Crippen molar-refractivity contribution < 1.29 is 0 Å². The quantitative estimate of drug-likeness (QED) is 0.788. The van der Waals surface area contributed by atoms with Crippen LogP contribution in [0.4, 0.5) is 0 Å². The van der Waals surface area contributed by atoms with Crippen molar-refractivity contribution in [1.82, 2.24) is 10.3 Å². The lowest BCUT2D eigenvalue weighted by Crippen LogP contribution is -2.11. The third kappa shape index (κ3) is 2.47. The van der Waals surface area contributed by atoms with E-state index in [2.05, 4.69) is 35.4 Å². The van der Waals surface area contributed by atoms with E-state index in [4.69, 9.17) is 0 Å². The van der Waals surface area contributed by atoms with E-state index in [-0.39, 0.29) is 0 Å². The van der Waals surface area contributed by atoms with Crippen LogP contribution >= 0.6 is 0 Å². The highest BCUT2D eigenvalue weighted by Crippen LogP contribution is 2.16. The highest BCUT2D eigenvalue weighted by atomic mass is 14.8. The standard InChI is InChI=1S/C14H16N2/c1-2-15-10-5-6-12-9-11-16-14-8-4-3-7-13(12)14/h3-9,11,15H,2,10H2,1H3. The van der Waals surface area contributed by atoms with Gasteiger partial charge in [0.1, 0.15) is 0 Å². The first kappa shape index (κ1) is 10.8. The van der Waals surface area contributed by atoms with Gasteiger partial charge in [-0.1, -0.05) is 37.3 Å². The maximum atomic E-state index is 4.34. The van der Waals surface area contributed by atoms with E-state index in [1.165, 1.54) is 10.9 Å². The van der Waals surface area contributed by atoms with E-state index < -0.39 is 0 Å². The van der Waals surface area contributed by atoms with Gasteiger partial charge in [0, 0.05) is 18.1 Å². The van der Waals surface area contributed by atoms with Crippen LogP contribution in [0.5, 0.6) is 0 Å². The number of nitrogens with zero attached hydrogens (tertiary/aromatic N) is 1. The van der Waals surface area contributed by atoms with Gasteiger partial charge in [0.2, 0.25) is 0 Å². The van der Waals surface area contributed by atoms with Crippen molar-refractivity contribution in [1.29, 1.82) is 0 Å². The molecule has 0 aliphatic rings. The zero-order chi connectivity index (χ0) is 11.2. The number of benzene rings is 1. The summed E-state index contributed by atoms with van der Waals surface area (Å²) in [7, 11) is 0. The molecule has 1 aromatic heterocycles. The van der Waals surface area contributed by atoms with Crippen molar-refractivity contribution in [2.24, 2.45) is 0 Å². The number of hydrogen-bond donors (Lipinski definition) is 1. The van der Waals surface area contributed by atoms with Gasteiger partial charge in [-0.3, -0.25) is 4.98 Å². The smallest absolute Gasteiger partial charge is 0.0707 e. The molecule has 0 unspecified atom stereocenters. The molecule has 0 fully saturated rings. The van der Waals surface area contributed by atoms with Gasteiger partial charge in [0.25, 0.3) is 0 Å². The van der Waals surface area contributed by atoms with Crippen LogP contribution < -0.4 is 5.32 Å². The lowest BCUT2D eigenvalue weighted by Gasteiger charge is -2.00. The van der Waals surface area contributed by atoms with E-state index in [0.717, 1.165) is 18.6 Å². The van der Waals surface area contributed by atoms with Crippen LogP contribution in [0.1, 0.15) is 12.5 Å². The van der Waals surface area contributed by atoms with E-state index in [0.29, 0.717) is 0 Å². The number of para-hydroxylation sites is 1. The molecule has 0 amide bonds. The minimum atomic E-state index is 0.910. The lowest BCUT2D eigenvalue weighted by molar-refractivity contribution is 0.801. The number of likely N-dealkylation sites (N-methyl/N-ethyl adjacent to an activating group) is 1. The molecule has 1 aromatic carbocycles. The summed E-state index contributed by atoms with van der Waals surface area (Å²) in [5, 5.41) is 4.47. The van der Waals surface area contributed by atoms with Gasteiger partial charge in [0.05, 0.1) is 5.52 Å². The Morgan fingerprint density at radius 2 is 2.12 bits per heavy atom. The molecule has 82 valence electrons. The first-order valence-electron chi connectivity index (χ1n) is 5.63. The third-order valence-electron chi connectivity index (χ3n) is 2.49. The van der Waals surface area contributed by atoms with Crippen LogP contribution in [0.2, 0.25) is 0 Å². The summed E-state index contributed by atoms with van der Waals surface area (Å²) in [6.45, 7) is 4.02. The van der Waals surface area contributed by atoms with Crippen LogP contribution in [0, 0.1) is 0 Å². The second-order valence-corrected chi connectivity index (χ2v) is 3.63. The molecule has 0 aliphatic heterocycles. The largest absolute Gasteiger partial charge is 0.314 e. The Balaban J connectivity index is 2.27. The Morgan fingerprint density at radius 1 is 1.25 bits per heavy atom. The highest BCUT2D eigenvalue weighted by molar-refractivity contribution is 5.87. The molecule has 0 spiro atoms. The molecule has 2 aromatic rings. The van der Waals surface area contributed by atoms with Crippen molar-refractivity contribution in [3.8, 4) is 0 Å². The Labute approximate surface area is 96.0 Å². The van der Waals surface area contributed by atoms with E-state index >= 15 is 0 Å². The van der Waals surface area contributed by atoms with Gasteiger partial charge >= 0.3 is 0 Å². The number of aromatic nitrogens is 1. The number of rotatable bonds is 4. The number of hydrogen-bond acceptors (Lipinski definition) is 2. The molecule has 0 aliphatic carbocycles. The fraction of sp³-hybridized carbons (Fsp3) is 0.214. The van der Waals surface area contributed by atoms with Gasteiger partial charge in [-0.2, -0.15) is 0 Å². The normalized spacial score (nSPS) is 11.3. The van der Waals surface area contributed by atoms with Crippen LogP contribution in [-0.4, -0.2) is 18.1 Å². The van der Waals surface area contributed by atoms with Crippen molar-refractivity contribution in [2.45, 2.75) is 6.92 Å². The SMILES string of the molecule is CCNCC=Cc1ccnc2ccccc12. The monoisotopic (exact) mass is 212 g/mol. The zero-order valence-corrected chi connectivity index (χ0v) is 9.48. The minimum absolute atomic E-state index is 0.910. The number of nitrogens with one attached hydrogen (secondary N) is 1. The summed E-state index contributed by atoms with van der Waals surface area (Å²) in [4.78, 5) is 4.34. The molecule has 0 saturated carbocycles. The lowest BCUT2D eigenvalue weighted by atomic mass is 10.1. The van der Waals surface area contributed by atoms with Crippen molar-refractivity contribution in [2.75, 3.05) is 13.1 Å². The molecular formula is C14H16N2. The average molecular weight is 212 g/mol. The third-order valence-corrected chi connectivity index (χ3v) is 2.49. The Morgan fingerprint density at radius 3 is 3.00 bits per heavy atom. The van der Waals surface area contributed by atoms with Crippen LogP contribution in [0.15, 0.2) is 42.6 Å². The summed E-state index contributed by atoms with van der Waals surface area (Å²) in [6.07, 6.45) is 6.15. The van der Waals surface area contributed by atoms with Gasteiger partial charge in [-0.05, 0) is 24.2 Å². The second-order valence-electron chi connectivity index (χ2n) is 3.63. The first-order chi connectivity index (χ1) is 7.92. The average Bonchev–Trinajstić information content (AvgIpc) is 2.35. The molecule has 0 atom stereocenters. The van der Waals surface area contributed by atoms with Crippen LogP contribution in [0.25, 0.3) is 17.0 Å². The fourth-order valence-electron chi connectivity index (χ4n) is 1.68. The molecule has 2 rings (SSSR count). The zero-order valence-electron chi connectivity index (χ0n) is 9.48. The molecule has 1 heterocycles.